The molecule has 0 saturated carbocycles. The van der Waals surface area contributed by atoms with Crippen LogP contribution in [0.4, 0.5) is 4.39 Å². The highest BCUT2D eigenvalue weighted by molar-refractivity contribution is 5.36. The van der Waals surface area contributed by atoms with Crippen molar-refractivity contribution in [3.8, 4) is 11.6 Å². The Morgan fingerprint density at radius 3 is 2.71 bits per heavy atom. The zero-order valence-corrected chi connectivity index (χ0v) is 13.0. The van der Waals surface area contributed by atoms with Crippen molar-refractivity contribution in [3.05, 3.63) is 41.3 Å². The van der Waals surface area contributed by atoms with Crippen LogP contribution in [0.3, 0.4) is 0 Å². The van der Waals surface area contributed by atoms with Crippen LogP contribution >= 0.6 is 0 Å². The number of aromatic nitrogens is 2. The predicted molar refractivity (Wildman–Crippen MR) is 81.0 cm³/mol. The Labute approximate surface area is 124 Å². The van der Waals surface area contributed by atoms with Gasteiger partial charge in [-0.1, -0.05) is 26.0 Å². The third-order valence-corrected chi connectivity index (χ3v) is 3.19. The summed E-state index contributed by atoms with van der Waals surface area (Å²) in [7, 11) is 1.80. The smallest absolute Gasteiger partial charge is 0.222 e. The monoisotopic (exact) mass is 291 g/mol. The van der Waals surface area contributed by atoms with Gasteiger partial charge in [0.1, 0.15) is 0 Å². The fourth-order valence-corrected chi connectivity index (χ4v) is 2.13. The lowest BCUT2D eigenvalue weighted by Crippen LogP contribution is -2.19. The van der Waals surface area contributed by atoms with Crippen LogP contribution in [0.2, 0.25) is 0 Å². The Morgan fingerprint density at radius 2 is 2.05 bits per heavy atom. The van der Waals surface area contributed by atoms with E-state index in [0.717, 1.165) is 17.8 Å². The number of nitrogens with zero attached hydrogens (tertiary/aromatic N) is 2. The van der Waals surface area contributed by atoms with E-state index < -0.39 is 0 Å². The van der Waals surface area contributed by atoms with E-state index in [-0.39, 0.29) is 11.6 Å². The van der Waals surface area contributed by atoms with Crippen molar-refractivity contribution in [1.29, 1.82) is 0 Å². The standard InChI is InChI=1S/C16H22FN3O/c1-11(2)9-18-10-13-12(3)19-20(4)16(13)21-15-8-6-5-7-14(15)17/h5-8,11,18H,9-10H2,1-4H3. The van der Waals surface area contributed by atoms with E-state index in [4.69, 9.17) is 4.74 Å². The molecule has 0 atom stereocenters. The second-order valence-corrected chi connectivity index (χ2v) is 5.55. The van der Waals surface area contributed by atoms with Gasteiger partial charge >= 0.3 is 0 Å². The molecule has 0 radical (unpaired) electrons. The summed E-state index contributed by atoms with van der Waals surface area (Å²) in [4.78, 5) is 0. The average molecular weight is 291 g/mol. The molecule has 1 aromatic carbocycles. The second-order valence-electron chi connectivity index (χ2n) is 5.55. The number of hydrogen-bond donors (Lipinski definition) is 1. The first kappa shape index (κ1) is 15.5. The summed E-state index contributed by atoms with van der Waals surface area (Å²) in [6, 6.07) is 6.39. The first-order valence-corrected chi connectivity index (χ1v) is 7.14. The molecule has 0 aliphatic carbocycles. The van der Waals surface area contributed by atoms with Gasteiger partial charge < -0.3 is 10.1 Å². The van der Waals surface area contributed by atoms with Crippen LogP contribution in [0.15, 0.2) is 24.3 Å². The highest BCUT2D eigenvalue weighted by Gasteiger charge is 2.16. The maximum atomic E-state index is 13.7. The second kappa shape index (κ2) is 6.72. The lowest BCUT2D eigenvalue weighted by atomic mass is 10.2. The lowest BCUT2D eigenvalue weighted by molar-refractivity contribution is 0.397. The molecular formula is C16H22FN3O. The first-order valence-electron chi connectivity index (χ1n) is 7.14. The quantitative estimate of drug-likeness (QED) is 0.886. The van der Waals surface area contributed by atoms with E-state index >= 15 is 0 Å². The minimum atomic E-state index is -0.377. The number of halogens is 1. The molecule has 114 valence electrons. The highest BCUT2D eigenvalue weighted by Crippen LogP contribution is 2.28. The number of rotatable bonds is 6. The molecule has 0 bridgehead atoms. The summed E-state index contributed by atoms with van der Waals surface area (Å²) in [6.07, 6.45) is 0. The molecule has 0 amide bonds. The van der Waals surface area contributed by atoms with E-state index in [1.807, 2.05) is 6.92 Å². The van der Waals surface area contributed by atoms with Crippen LogP contribution in [0.1, 0.15) is 25.1 Å². The van der Waals surface area contributed by atoms with Crippen LogP contribution in [0, 0.1) is 18.7 Å². The zero-order valence-electron chi connectivity index (χ0n) is 13.0. The first-order chi connectivity index (χ1) is 9.99. The van der Waals surface area contributed by atoms with Crippen molar-refractivity contribution >= 4 is 0 Å². The number of ether oxygens (including phenoxy) is 1. The fraction of sp³-hybridized carbons (Fsp3) is 0.438. The van der Waals surface area contributed by atoms with Crippen LogP contribution in [0.5, 0.6) is 11.6 Å². The molecule has 5 heteroatoms. The number of para-hydroxylation sites is 1. The molecule has 2 aromatic rings. The van der Waals surface area contributed by atoms with E-state index in [1.54, 1.807) is 29.9 Å². The van der Waals surface area contributed by atoms with Crippen LogP contribution < -0.4 is 10.1 Å². The predicted octanol–water partition coefficient (Wildman–Crippen LogP) is 3.41. The lowest BCUT2D eigenvalue weighted by Gasteiger charge is -2.11. The zero-order chi connectivity index (χ0) is 15.4. The van der Waals surface area contributed by atoms with Crippen LogP contribution in [0.25, 0.3) is 0 Å². The van der Waals surface area contributed by atoms with Crippen LogP contribution in [-0.4, -0.2) is 16.3 Å². The molecule has 21 heavy (non-hydrogen) atoms. The molecule has 2 rings (SSSR count). The average Bonchev–Trinajstić information content (AvgIpc) is 2.67. The summed E-state index contributed by atoms with van der Waals surface area (Å²) >= 11 is 0. The fourth-order valence-electron chi connectivity index (χ4n) is 2.13. The molecule has 0 saturated heterocycles. The molecular weight excluding hydrogens is 269 g/mol. The van der Waals surface area contributed by atoms with Gasteiger partial charge in [0.15, 0.2) is 11.6 Å². The molecule has 0 spiro atoms. The maximum absolute atomic E-state index is 13.7. The molecule has 0 unspecified atom stereocenters. The Bertz CT molecular complexity index is 608. The van der Waals surface area contributed by atoms with E-state index in [0.29, 0.717) is 18.3 Å². The summed E-state index contributed by atoms with van der Waals surface area (Å²) in [5.74, 6) is 0.981. The Balaban J connectivity index is 2.20. The summed E-state index contributed by atoms with van der Waals surface area (Å²) in [5, 5.41) is 7.73. The Hall–Kier alpha value is -1.88. The molecule has 1 N–H and O–H groups in total. The Morgan fingerprint density at radius 1 is 1.33 bits per heavy atom. The van der Waals surface area contributed by atoms with Gasteiger partial charge in [-0.05, 0) is 31.5 Å². The molecule has 1 aromatic heterocycles. The number of nitrogens with one attached hydrogen (secondary N) is 1. The highest BCUT2D eigenvalue weighted by atomic mass is 19.1. The maximum Gasteiger partial charge on any atom is 0.222 e. The number of aryl methyl sites for hydroxylation is 2. The van der Waals surface area contributed by atoms with Gasteiger partial charge in [0.25, 0.3) is 0 Å². The van der Waals surface area contributed by atoms with Gasteiger partial charge in [0.2, 0.25) is 5.88 Å². The minimum absolute atomic E-state index is 0.214. The van der Waals surface area contributed by atoms with Gasteiger partial charge in [0.05, 0.1) is 11.3 Å². The van der Waals surface area contributed by atoms with Crippen molar-refractivity contribution in [2.24, 2.45) is 13.0 Å². The number of benzene rings is 1. The van der Waals surface area contributed by atoms with Crippen molar-refractivity contribution < 1.29 is 9.13 Å². The molecule has 4 nitrogen and oxygen atoms in total. The third kappa shape index (κ3) is 3.82. The van der Waals surface area contributed by atoms with E-state index in [1.165, 1.54) is 6.07 Å². The van der Waals surface area contributed by atoms with Crippen molar-refractivity contribution in [2.45, 2.75) is 27.3 Å². The number of hydrogen-bond acceptors (Lipinski definition) is 3. The van der Waals surface area contributed by atoms with Gasteiger partial charge in [-0.3, -0.25) is 0 Å². The summed E-state index contributed by atoms with van der Waals surface area (Å²) in [6.45, 7) is 7.80. The van der Waals surface area contributed by atoms with Gasteiger partial charge in [-0.25, -0.2) is 9.07 Å². The van der Waals surface area contributed by atoms with Crippen LogP contribution in [-0.2, 0) is 13.6 Å². The molecule has 0 fully saturated rings. The third-order valence-electron chi connectivity index (χ3n) is 3.19. The van der Waals surface area contributed by atoms with Gasteiger partial charge in [0, 0.05) is 13.6 Å². The SMILES string of the molecule is Cc1nn(C)c(Oc2ccccc2F)c1CNCC(C)C. The summed E-state index contributed by atoms with van der Waals surface area (Å²) in [5.41, 5.74) is 1.85. The minimum Gasteiger partial charge on any atom is -0.436 e. The van der Waals surface area contributed by atoms with Crippen molar-refractivity contribution in [3.63, 3.8) is 0 Å². The van der Waals surface area contributed by atoms with E-state index in [9.17, 15) is 4.39 Å². The Kier molecular flexibility index (Phi) is 4.96. The van der Waals surface area contributed by atoms with Gasteiger partial charge in [-0.15, -0.1) is 0 Å². The molecule has 0 aliphatic rings. The molecule has 0 aliphatic heterocycles. The summed E-state index contributed by atoms with van der Waals surface area (Å²) < 4.78 is 21.1. The largest absolute Gasteiger partial charge is 0.436 e. The normalized spacial score (nSPS) is 11.1. The molecule has 1 heterocycles. The topological polar surface area (TPSA) is 39.1 Å². The van der Waals surface area contributed by atoms with Crippen molar-refractivity contribution in [2.75, 3.05) is 6.54 Å². The van der Waals surface area contributed by atoms with E-state index in [2.05, 4.69) is 24.3 Å². The van der Waals surface area contributed by atoms with Crippen molar-refractivity contribution in [1.82, 2.24) is 15.1 Å². The van der Waals surface area contributed by atoms with Gasteiger partial charge in [-0.2, -0.15) is 5.10 Å².